The molecule has 154 valence electrons. The number of benzene rings is 3. The molecule has 4 heteroatoms. The van der Waals surface area contributed by atoms with Crippen molar-refractivity contribution >= 4 is 11.9 Å². The molecular weight excluding hydrogens is 376 g/mol. The number of esters is 2. The van der Waals surface area contributed by atoms with Gasteiger partial charge in [-0.15, -0.1) is 0 Å². The largest absolute Gasteiger partial charge is 0.419 e. The third kappa shape index (κ3) is 4.60. The third-order valence-electron chi connectivity index (χ3n) is 4.92. The maximum absolute atomic E-state index is 12.8. The van der Waals surface area contributed by atoms with Crippen molar-refractivity contribution in [2.45, 2.75) is 40.0 Å². The molecule has 4 nitrogen and oxygen atoms in total. The van der Waals surface area contributed by atoms with E-state index < -0.39 is 11.9 Å². The normalized spacial score (nSPS) is 10.7. The highest BCUT2D eigenvalue weighted by Gasteiger charge is 2.25. The molecule has 0 N–H and O–H groups in total. The van der Waals surface area contributed by atoms with Crippen LogP contribution in [-0.2, 0) is 6.42 Å². The van der Waals surface area contributed by atoms with Crippen LogP contribution in [0.5, 0.6) is 11.5 Å². The fourth-order valence-corrected chi connectivity index (χ4v) is 3.50. The maximum atomic E-state index is 12.8. The first-order valence-corrected chi connectivity index (χ1v) is 10.1. The fourth-order valence-electron chi connectivity index (χ4n) is 3.50. The molecule has 0 spiro atoms. The highest BCUT2D eigenvalue weighted by molar-refractivity contribution is 5.93. The van der Waals surface area contributed by atoms with E-state index in [9.17, 15) is 9.59 Å². The van der Waals surface area contributed by atoms with Crippen LogP contribution >= 0.6 is 0 Å². The quantitative estimate of drug-likeness (QED) is 0.368. The molecule has 0 saturated carbocycles. The van der Waals surface area contributed by atoms with Crippen molar-refractivity contribution in [3.8, 4) is 11.5 Å². The zero-order chi connectivity index (χ0) is 21.7. The molecule has 0 aliphatic rings. The lowest BCUT2D eigenvalue weighted by molar-refractivity contribution is 0.0679. The first-order chi connectivity index (χ1) is 14.4. The second-order valence-electron chi connectivity index (χ2n) is 7.44. The second-order valence-corrected chi connectivity index (χ2v) is 7.44. The molecule has 3 aromatic carbocycles. The molecular formula is C26H26O4. The number of ether oxygens (including phenoxy) is 2. The Labute approximate surface area is 177 Å². The monoisotopic (exact) mass is 402 g/mol. The molecule has 0 heterocycles. The van der Waals surface area contributed by atoms with Crippen LogP contribution < -0.4 is 9.47 Å². The van der Waals surface area contributed by atoms with Crippen molar-refractivity contribution in [2.75, 3.05) is 0 Å². The predicted octanol–water partition coefficient (Wildman–Crippen LogP) is 6.12. The number of carbonyl (C=O) groups excluding carboxylic acids is 2. The Morgan fingerprint density at radius 1 is 0.800 bits per heavy atom. The van der Waals surface area contributed by atoms with E-state index in [1.807, 2.05) is 45.9 Å². The van der Waals surface area contributed by atoms with E-state index in [1.54, 1.807) is 48.5 Å². The highest BCUT2D eigenvalue weighted by Crippen LogP contribution is 2.42. The molecule has 0 atom stereocenters. The highest BCUT2D eigenvalue weighted by atomic mass is 16.6. The van der Waals surface area contributed by atoms with Crippen molar-refractivity contribution in [3.63, 3.8) is 0 Å². The summed E-state index contributed by atoms with van der Waals surface area (Å²) in [6, 6.07) is 19.6. The van der Waals surface area contributed by atoms with Crippen molar-refractivity contribution in [1.29, 1.82) is 0 Å². The van der Waals surface area contributed by atoms with Crippen LogP contribution in [0.1, 0.15) is 64.1 Å². The van der Waals surface area contributed by atoms with Crippen molar-refractivity contribution in [2.24, 2.45) is 0 Å². The summed E-state index contributed by atoms with van der Waals surface area (Å²) in [6.07, 6.45) is 0.631. The summed E-state index contributed by atoms with van der Waals surface area (Å²) in [6.45, 7) is 8.01. The summed E-state index contributed by atoms with van der Waals surface area (Å²) in [7, 11) is 0. The van der Waals surface area contributed by atoms with Crippen molar-refractivity contribution < 1.29 is 19.1 Å². The van der Waals surface area contributed by atoms with Gasteiger partial charge in [-0.1, -0.05) is 63.2 Å². The molecule has 0 aliphatic carbocycles. The van der Waals surface area contributed by atoms with E-state index in [2.05, 4.69) is 0 Å². The number of rotatable bonds is 6. The van der Waals surface area contributed by atoms with E-state index in [1.165, 1.54) is 0 Å². The minimum Gasteiger partial charge on any atom is -0.419 e. The lowest BCUT2D eigenvalue weighted by Gasteiger charge is -2.21. The van der Waals surface area contributed by atoms with E-state index >= 15 is 0 Å². The van der Waals surface area contributed by atoms with Crippen molar-refractivity contribution in [1.82, 2.24) is 0 Å². The van der Waals surface area contributed by atoms with Gasteiger partial charge >= 0.3 is 11.9 Å². The minimum atomic E-state index is -0.485. The topological polar surface area (TPSA) is 52.6 Å². The van der Waals surface area contributed by atoms with Crippen LogP contribution in [0.25, 0.3) is 0 Å². The summed E-state index contributed by atoms with van der Waals surface area (Å²) in [5, 5.41) is 0. The molecule has 30 heavy (non-hydrogen) atoms. The van der Waals surface area contributed by atoms with Gasteiger partial charge in [-0.2, -0.15) is 0 Å². The number of aryl methyl sites for hydroxylation is 2. The smallest absolute Gasteiger partial charge is 0.343 e. The number of carbonyl (C=O) groups is 2. The Kier molecular flexibility index (Phi) is 6.68. The van der Waals surface area contributed by atoms with Crippen LogP contribution in [-0.4, -0.2) is 11.9 Å². The van der Waals surface area contributed by atoms with Gasteiger partial charge in [0.15, 0.2) is 11.5 Å². The first kappa shape index (κ1) is 21.3. The molecule has 0 aliphatic heterocycles. The van der Waals surface area contributed by atoms with Gasteiger partial charge in [-0.3, -0.25) is 0 Å². The Morgan fingerprint density at radius 3 is 1.70 bits per heavy atom. The summed E-state index contributed by atoms with van der Waals surface area (Å²) in [4.78, 5) is 25.6. The standard InChI is InChI=1S/C26H26O4/c1-5-19-16-18(4)22(17(2)3)24(30-26(28)21-14-10-7-11-15-21)23(19)29-25(27)20-12-8-6-9-13-20/h6-17H,5H2,1-4H3. The minimum absolute atomic E-state index is 0.0728. The fraction of sp³-hybridized carbons (Fsp3) is 0.231. The van der Waals surface area contributed by atoms with Gasteiger partial charge in [0.05, 0.1) is 11.1 Å². The number of hydrogen-bond donors (Lipinski definition) is 0. The van der Waals surface area contributed by atoms with Crippen LogP contribution in [0.4, 0.5) is 0 Å². The Hall–Kier alpha value is -3.40. The van der Waals surface area contributed by atoms with E-state index in [0.29, 0.717) is 29.0 Å². The zero-order valence-electron chi connectivity index (χ0n) is 17.8. The molecule has 0 bridgehead atoms. The summed E-state index contributed by atoms with van der Waals surface area (Å²) < 4.78 is 11.7. The van der Waals surface area contributed by atoms with Crippen LogP contribution in [0.2, 0.25) is 0 Å². The van der Waals surface area contributed by atoms with Gasteiger partial charge in [-0.05, 0) is 54.7 Å². The molecule has 3 rings (SSSR count). The lowest BCUT2D eigenvalue weighted by atomic mass is 9.93. The van der Waals surface area contributed by atoms with Gasteiger partial charge in [-0.25, -0.2) is 9.59 Å². The van der Waals surface area contributed by atoms with E-state index in [0.717, 1.165) is 16.7 Å². The van der Waals surface area contributed by atoms with Gasteiger partial charge in [0.2, 0.25) is 0 Å². The summed E-state index contributed by atoms with van der Waals surface area (Å²) in [5.41, 5.74) is 3.54. The average molecular weight is 402 g/mol. The number of hydrogen-bond acceptors (Lipinski definition) is 4. The van der Waals surface area contributed by atoms with Crippen LogP contribution in [0, 0.1) is 6.92 Å². The molecule has 0 aromatic heterocycles. The van der Waals surface area contributed by atoms with Crippen LogP contribution in [0.15, 0.2) is 66.7 Å². The average Bonchev–Trinajstić information content (AvgIpc) is 2.76. The predicted molar refractivity (Wildman–Crippen MR) is 117 cm³/mol. The van der Waals surface area contributed by atoms with Crippen molar-refractivity contribution in [3.05, 3.63) is 94.5 Å². The zero-order valence-corrected chi connectivity index (χ0v) is 17.8. The molecule has 0 saturated heterocycles. The van der Waals surface area contributed by atoms with Gasteiger partial charge in [0.25, 0.3) is 0 Å². The Bertz CT molecular complexity index is 1040. The summed E-state index contributed by atoms with van der Waals surface area (Å²) in [5.74, 6) is -0.267. The molecule has 0 amide bonds. The molecule has 3 aromatic rings. The van der Waals surface area contributed by atoms with Gasteiger partial charge in [0, 0.05) is 5.56 Å². The SMILES string of the molecule is CCc1cc(C)c(C(C)C)c(OC(=O)c2ccccc2)c1OC(=O)c1ccccc1. The Balaban J connectivity index is 2.10. The molecule has 0 fully saturated rings. The van der Waals surface area contributed by atoms with Gasteiger partial charge in [0.1, 0.15) is 0 Å². The third-order valence-corrected chi connectivity index (χ3v) is 4.92. The Morgan fingerprint density at radius 2 is 1.27 bits per heavy atom. The second kappa shape index (κ2) is 9.40. The molecule has 0 radical (unpaired) electrons. The first-order valence-electron chi connectivity index (χ1n) is 10.1. The molecule has 0 unspecified atom stereocenters. The van der Waals surface area contributed by atoms with Gasteiger partial charge < -0.3 is 9.47 Å². The van der Waals surface area contributed by atoms with E-state index in [4.69, 9.17) is 9.47 Å². The summed E-state index contributed by atoms with van der Waals surface area (Å²) >= 11 is 0. The van der Waals surface area contributed by atoms with E-state index in [-0.39, 0.29) is 5.92 Å². The maximum Gasteiger partial charge on any atom is 0.343 e. The lowest BCUT2D eigenvalue weighted by Crippen LogP contribution is -2.16. The van der Waals surface area contributed by atoms with Crippen LogP contribution in [0.3, 0.4) is 0 Å².